The zero-order valence-electron chi connectivity index (χ0n) is 20.9. The van der Waals surface area contributed by atoms with Gasteiger partial charge < -0.3 is 10.2 Å². The quantitative estimate of drug-likeness (QED) is 0.451. The summed E-state index contributed by atoms with van der Waals surface area (Å²) in [5.41, 5.74) is 4.95. The van der Waals surface area contributed by atoms with E-state index in [1.807, 2.05) is 25.5 Å². The zero-order chi connectivity index (χ0) is 22.6. The molecule has 0 saturated heterocycles. The number of nitrogens with zero attached hydrogens (tertiary/aromatic N) is 1. The first kappa shape index (κ1) is 22.8. The van der Waals surface area contributed by atoms with Gasteiger partial charge in [0.05, 0.1) is 0 Å². The Hall–Kier alpha value is -1.35. The molecule has 0 bridgehead atoms. The Morgan fingerprint density at radius 3 is 2.58 bits per heavy atom. The fourth-order valence-electron chi connectivity index (χ4n) is 7.71. The Bertz CT molecular complexity index is 821. The minimum absolute atomic E-state index is 0.0900. The summed E-state index contributed by atoms with van der Waals surface area (Å²) in [5, 5.41) is 3.26. The molecule has 3 nitrogen and oxygen atoms in total. The van der Waals surface area contributed by atoms with E-state index in [0.29, 0.717) is 16.9 Å². The molecule has 0 aromatic heterocycles. The van der Waals surface area contributed by atoms with Gasteiger partial charge in [-0.15, -0.1) is 0 Å². The lowest BCUT2D eigenvalue weighted by molar-refractivity contribution is -0.118. The van der Waals surface area contributed by atoms with Crippen LogP contribution in [0.3, 0.4) is 0 Å². The van der Waals surface area contributed by atoms with Crippen molar-refractivity contribution < 1.29 is 4.79 Å². The second-order valence-electron chi connectivity index (χ2n) is 11.6. The maximum Gasteiger partial charge on any atom is 0.247 e. The summed E-state index contributed by atoms with van der Waals surface area (Å²) in [6.45, 7) is 11.4. The molecule has 0 aromatic carbocycles. The maximum absolute atomic E-state index is 12.4. The second kappa shape index (κ2) is 8.21. The number of allylic oxidation sites excluding steroid dienone is 4. The summed E-state index contributed by atoms with van der Waals surface area (Å²) < 4.78 is 0. The molecule has 4 rings (SSSR count). The topological polar surface area (TPSA) is 32.3 Å². The second-order valence-corrected chi connectivity index (χ2v) is 11.6. The molecule has 3 heteroatoms. The number of rotatable bonds is 4. The van der Waals surface area contributed by atoms with E-state index in [1.165, 1.54) is 38.5 Å². The van der Waals surface area contributed by atoms with E-state index in [1.54, 1.807) is 5.57 Å². The van der Waals surface area contributed by atoms with Gasteiger partial charge in [-0.05, 0) is 108 Å². The molecule has 2 saturated carbocycles. The number of hydrogen-bond acceptors (Lipinski definition) is 2. The molecule has 0 radical (unpaired) electrons. The standard InChI is InChI=1S/C28H44N2O/c1-8-18(2)26(31)29-21-13-15-27(4)20(17-21)9-10-22-24-12-11-23(19(3)30(6)7)28(24,5)16-14-25(22)27/h8,12,17,19,21-23,25H,9-11,13-16H2,1-7H3,(H,29,31)/b18-8+/t19-,21-,22-,23+,25-,27-,28+/m0/s1. The van der Waals surface area contributed by atoms with Crippen molar-refractivity contribution in [3.63, 3.8) is 0 Å². The summed E-state index contributed by atoms with van der Waals surface area (Å²) in [6.07, 6.45) is 15.7. The number of fused-ring (bicyclic) bond motifs is 5. The van der Waals surface area contributed by atoms with Gasteiger partial charge in [-0.3, -0.25) is 4.79 Å². The van der Waals surface area contributed by atoms with Gasteiger partial charge in [0.15, 0.2) is 0 Å². The fraction of sp³-hybridized carbons (Fsp3) is 0.750. The van der Waals surface area contributed by atoms with E-state index < -0.39 is 0 Å². The average molecular weight is 425 g/mol. The molecular formula is C28H44N2O. The van der Waals surface area contributed by atoms with Crippen molar-refractivity contribution in [1.82, 2.24) is 10.2 Å². The van der Waals surface area contributed by atoms with Crippen LogP contribution >= 0.6 is 0 Å². The van der Waals surface area contributed by atoms with Gasteiger partial charge in [-0.25, -0.2) is 0 Å². The van der Waals surface area contributed by atoms with Gasteiger partial charge in [0.25, 0.3) is 0 Å². The van der Waals surface area contributed by atoms with Crippen LogP contribution in [0.4, 0.5) is 0 Å². The van der Waals surface area contributed by atoms with E-state index in [-0.39, 0.29) is 11.9 Å². The van der Waals surface area contributed by atoms with E-state index in [0.717, 1.165) is 29.7 Å². The van der Waals surface area contributed by atoms with Crippen molar-refractivity contribution in [2.75, 3.05) is 14.1 Å². The lowest BCUT2D eigenvalue weighted by Crippen LogP contribution is -2.51. The predicted octanol–water partition coefficient (Wildman–Crippen LogP) is 5.89. The van der Waals surface area contributed by atoms with Gasteiger partial charge in [-0.2, -0.15) is 0 Å². The number of nitrogens with one attached hydrogen (secondary N) is 1. The monoisotopic (exact) mass is 424 g/mol. The Kier molecular flexibility index (Phi) is 6.05. The van der Waals surface area contributed by atoms with Crippen LogP contribution in [0.15, 0.2) is 34.9 Å². The van der Waals surface area contributed by atoms with Crippen molar-refractivity contribution in [2.24, 2.45) is 28.6 Å². The Labute approximate surface area is 190 Å². The SMILES string of the molecule is C/C=C(\C)C(=O)N[C@@H]1C=C2CC[C@H]3C4=CC[C@H]([C@H](C)N(C)C)[C@@]4(C)CC[C@@H]3[C@@]2(C)CC1. The van der Waals surface area contributed by atoms with Crippen LogP contribution in [-0.4, -0.2) is 37.0 Å². The summed E-state index contributed by atoms with van der Waals surface area (Å²) in [5.74, 6) is 2.38. The van der Waals surface area contributed by atoms with Crippen molar-refractivity contribution in [1.29, 1.82) is 0 Å². The highest BCUT2D eigenvalue weighted by molar-refractivity contribution is 5.93. The molecule has 2 fully saturated rings. The number of hydrogen-bond donors (Lipinski definition) is 1. The molecule has 7 atom stereocenters. The van der Waals surface area contributed by atoms with Gasteiger partial charge in [0.1, 0.15) is 0 Å². The van der Waals surface area contributed by atoms with Crippen LogP contribution in [0.2, 0.25) is 0 Å². The van der Waals surface area contributed by atoms with Crippen LogP contribution < -0.4 is 5.32 Å². The third-order valence-corrected chi connectivity index (χ3v) is 10.1. The first-order valence-corrected chi connectivity index (χ1v) is 12.6. The zero-order valence-corrected chi connectivity index (χ0v) is 20.9. The Morgan fingerprint density at radius 2 is 1.90 bits per heavy atom. The van der Waals surface area contributed by atoms with E-state index in [2.05, 4.69) is 57.2 Å². The molecule has 0 unspecified atom stereocenters. The summed E-state index contributed by atoms with van der Waals surface area (Å²) >= 11 is 0. The molecular weight excluding hydrogens is 380 g/mol. The highest BCUT2D eigenvalue weighted by atomic mass is 16.1. The van der Waals surface area contributed by atoms with Crippen LogP contribution in [0.5, 0.6) is 0 Å². The average Bonchev–Trinajstić information content (AvgIpc) is 3.09. The van der Waals surface area contributed by atoms with Gasteiger partial charge in [0.2, 0.25) is 5.91 Å². The van der Waals surface area contributed by atoms with E-state index in [4.69, 9.17) is 0 Å². The smallest absolute Gasteiger partial charge is 0.247 e. The van der Waals surface area contributed by atoms with Crippen molar-refractivity contribution >= 4 is 5.91 Å². The van der Waals surface area contributed by atoms with E-state index in [9.17, 15) is 4.79 Å². The maximum atomic E-state index is 12.4. The van der Waals surface area contributed by atoms with Crippen LogP contribution in [0.1, 0.15) is 79.6 Å². The normalized spacial score (nSPS) is 41.0. The van der Waals surface area contributed by atoms with Crippen LogP contribution in [-0.2, 0) is 4.79 Å². The summed E-state index contributed by atoms with van der Waals surface area (Å²) in [6, 6.07) is 0.830. The lowest BCUT2D eigenvalue weighted by atomic mass is 9.48. The number of carbonyl (C=O) groups is 1. The minimum Gasteiger partial charge on any atom is -0.346 e. The van der Waals surface area contributed by atoms with Gasteiger partial charge >= 0.3 is 0 Å². The molecule has 1 amide bonds. The minimum atomic E-state index is 0.0900. The third-order valence-electron chi connectivity index (χ3n) is 10.1. The highest BCUT2D eigenvalue weighted by Crippen LogP contribution is 2.65. The van der Waals surface area contributed by atoms with Gasteiger partial charge in [-0.1, -0.05) is 43.2 Å². The first-order valence-electron chi connectivity index (χ1n) is 12.6. The molecule has 31 heavy (non-hydrogen) atoms. The van der Waals surface area contributed by atoms with Crippen molar-refractivity contribution in [3.8, 4) is 0 Å². The van der Waals surface area contributed by atoms with Crippen molar-refractivity contribution in [3.05, 3.63) is 34.9 Å². The number of carbonyl (C=O) groups excluding carboxylic acids is 1. The molecule has 172 valence electrons. The third kappa shape index (κ3) is 3.65. The molecule has 4 aliphatic rings. The molecule has 0 heterocycles. The highest BCUT2D eigenvalue weighted by Gasteiger charge is 2.56. The summed E-state index contributed by atoms with van der Waals surface area (Å²) in [4.78, 5) is 14.8. The number of amides is 1. The molecule has 0 aliphatic heterocycles. The molecule has 0 aromatic rings. The van der Waals surface area contributed by atoms with E-state index >= 15 is 0 Å². The van der Waals surface area contributed by atoms with Gasteiger partial charge in [0, 0.05) is 17.7 Å². The Morgan fingerprint density at radius 1 is 1.19 bits per heavy atom. The first-order chi connectivity index (χ1) is 14.6. The predicted molar refractivity (Wildman–Crippen MR) is 130 cm³/mol. The summed E-state index contributed by atoms with van der Waals surface area (Å²) in [7, 11) is 4.48. The fourth-order valence-corrected chi connectivity index (χ4v) is 7.71. The van der Waals surface area contributed by atoms with Crippen molar-refractivity contribution in [2.45, 2.75) is 91.6 Å². The van der Waals surface area contributed by atoms with Crippen LogP contribution in [0.25, 0.3) is 0 Å². The molecule has 0 spiro atoms. The van der Waals surface area contributed by atoms with Crippen LogP contribution in [0, 0.1) is 28.6 Å². The lowest BCUT2D eigenvalue weighted by Gasteiger charge is -2.57. The largest absolute Gasteiger partial charge is 0.346 e. The Balaban J connectivity index is 1.54. The molecule has 1 N–H and O–H groups in total. The molecule has 4 aliphatic carbocycles.